The average Bonchev–Trinajstić information content (AvgIpc) is 2.75. The number of nitrogens with zero attached hydrogens (tertiary/aromatic N) is 2. The van der Waals surface area contributed by atoms with Crippen molar-refractivity contribution in [1.29, 1.82) is 0 Å². The van der Waals surface area contributed by atoms with E-state index in [1.807, 2.05) is 24.3 Å². The summed E-state index contributed by atoms with van der Waals surface area (Å²) in [6.45, 7) is 4.35. The maximum atomic E-state index is 5.29. The second-order valence-electron chi connectivity index (χ2n) is 6.77. The summed E-state index contributed by atoms with van der Waals surface area (Å²) in [6.07, 6.45) is 3.83. The Labute approximate surface area is 167 Å². The molecule has 1 heterocycles. The van der Waals surface area contributed by atoms with Gasteiger partial charge in [0.1, 0.15) is 11.5 Å². The van der Waals surface area contributed by atoms with Crippen molar-refractivity contribution in [3.8, 4) is 34.0 Å². The molecule has 0 N–H and O–H groups in total. The largest absolute Gasteiger partial charge is 0.497 e. The number of hydrogen-bond donors (Lipinski definition) is 0. The van der Waals surface area contributed by atoms with E-state index in [4.69, 9.17) is 19.4 Å². The molecule has 0 radical (unpaired) electrons. The monoisotopic (exact) mass is 376 g/mol. The number of hydrogen-bond acceptors (Lipinski definition) is 4. The lowest BCUT2D eigenvalue weighted by molar-refractivity contribution is 0.414. The third-order valence-corrected chi connectivity index (χ3v) is 4.74. The SMILES string of the molecule is CCCc1nc(-c2ccc(OC)cc2)c(CCC)nc1-c1ccc(OC)cc1. The van der Waals surface area contributed by atoms with Crippen LogP contribution in [-0.2, 0) is 12.8 Å². The maximum absolute atomic E-state index is 5.29. The zero-order valence-corrected chi connectivity index (χ0v) is 17.2. The smallest absolute Gasteiger partial charge is 0.118 e. The molecule has 0 aliphatic carbocycles. The molecule has 0 spiro atoms. The van der Waals surface area contributed by atoms with Gasteiger partial charge in [0.2, 0.25) is 0 Å². The van der Waals surface area contributed by atoms with Gasteiger partial charge in [-0.05, 0) is 61.4 Å². The van der Waals surface area contributed by atoms with Crippen LogP contribution in [0.2, 0.25) is 0 Å². The second kappa shape index (κ2) is 9.36. The van der Waals surface area contributed by atoms with Gasteiger partial charge in [0.25, 0.3) is 0 Å². The lowest BCUT2D eigenvalue weighted by atomic mass is 10.0. The van der Waals surface area contributed by atoms with Crippen molar-refractivity contribution in [2.75, 3.05) is 14.2 Å². The van der Waals surface area contributed by atoms with Gasteiger partial charge in [0.05, 0.1) is 37.0 Å². The van der Waals surface area contributed by atoms with Gasteiger partial charge in [-0.2, -0.15) is 0 Å². The third-order valence-electron chi connectivity index (χ3n) is 4.74. The fourth-order valence-corrected chi connectivity index (χ4v) is 3.29. The van der Waals surface area contributed by atoms with E-state index in [0.29, 0.717) is 0 Å². The number of ether oxygens (including phenoxy) is 2. The fourth-order valence-electron chi connectivity index (χ4n) is 3.29. The Hall–Kier alpha value is -2.88. The van der Waals surface area contributed by atoms with Gasteiger partial charge in [-0.3, -0.25) is 0 Å². The Kier molecular flexibility index (Phi) is 6.64. The number of benzene rings is 2. The van der Waals surface area contributed by atoms with Crippen molar-refractivity contribution in [2.24, 2.45) is 0 Å². The van der Waals surface area contributed by atoms with Gasteiger partial charge in [0.15, 0.2) is 0 Å². The lowest BCUT2D eigenvalue weighted by Gasteiger charge is -2.15. The summed E-state index contributed by atoms with van der Waals surface area (Å²) in [5.41, 5.74) is 6.19. The van der Waals surface area contributed by atoms with Crippen LogP contribution in [0.5, 0.6) is 11.5 Å². The van der Waals surface area contributed by atoms with Crippen molar-refractivity contribution < 1.29 is 9.47 Å². The third kappa shape index (κ3) is 4.33. The molecule has 28 heavy (non-hydrogen) atoms. The van der Waals surface area contributed by atoms with Gasteiger partial charge in [-0.25, -0.2) is 9.97 Å². The van der Waals surface area contributed by atoms with E-state index in [9.17, 15) is 0 Å². The van der Waals surface area contributed by atoms with E-state index in [-0.39, 0.29) is 0 Å². The first-order chi connectivity index (χ1) is 13.7. The van der Waals surface area contributed by atoms with Gasteiger partial charge in [0, 0.05) is 11.1 Å². The highest BCUT2D eigenvalue weighted by atomic mass is 16.5. The standard InChI is InChI=1S/C24H28N2O2/c1-5-7-21-23(17-9-13-19(27-3)14-10-17)26-22(8-6-2)24(25-21)18-11-15-20(28-4)16-12-18/h9-16H,5-8H2,1-4H3. The summed E-state index contributed by atoms with van der Waals surface area (Å²) < 4.78 is 10.6. The Morgan fingerprint density at radius 3 is 1.25 bits per heavy atom. The van der Waals surface area contributed by atoms with Crippen molar-refractivity contribution in [2.45, 2.75) is 39.5 Å². The summed E-state index contributed by atoms with van der Waals surface area (Å²) in [7, 11) is 3.36. The minimum Gasteiger partial charge on any atom is -0.497 e. The number of aromatic nitrogens is 2. The predicted molar refractivity (Wildman–Crippen MR) is 114 cm³/mol. The van der Waals surface area contributed by atoms with Crippen LogP contribution in [0.25, 0.3) is 22.5 Å². The maximum Gasteiger partial charge on any atom is 0.118 e. The Bertz CT molecular complexity index is 826. The highest BCUT2D eigenvalue weighted by molar-refractivity contribution is 5.68. The minimum atomic E-state index is 0.845. The van der Waals surface area contributed by atoms with Crippen LogP contribution in [0.4, 0.5) is 0 Å². The molecule has 2 aromatic carbocycles. The highest BCUT2D eigenvalue weighted by Gasteiger charge is 2.16. The minimum absolute atomic E-state index is 0.845. The molecule has 0 aliphatic rings. The molecule has 0 aliphatic heterocycles. The number of rotatable bonds is 8. The topological polar surface area (TPSA) is 44.2 Å². The van der Waals surface area contributed by atoms with Crippen LogP contribution in [0.3, 0.4) is 0 Å². The molecule has 0 amide bonds. The van der Waals surface area contributed by atoms with E-state index in [1.54, 1.807) is 14.2 Å². The fraction of sp³-hybridized carbons (Fsp3) is 0.333. The molecular weight excluding hydrogens is 348 g/mol. The van der Waals surface area contributed by atoms with Crippen LogP contribution in [0, 0.1) is 0 Å². The summed E-state index contributed by atoms with van der Waals surface area (Å²) >= 11 is 0. The molecule has 0 unspecified atom stereocenters. The zero-order valence-electron chi connectivity index (χ0n) is 17.2. The van der Waals surface area contributed by atoms with Gasteiger partial charge < -0.3 is 9.47 Å². The van der Waals surface area contributed by atoms with E-state index >= 15 is 0 Å². The summed E-state index contributed by atoms with van der Waals surface area (Å²) in [5.74, 6) is 1.69. The Balaban J connectivity index is 2.13. The van der Waals surface area contributed by atoms with Crippen molar-refractivity contribution in [1.82, 2.24) is 9.97 Å². The molecule has 0 saturated carbocycles. The summed E-state index contributed by atoms with van der Waals surface area (Å²) in [6, 6.07) is 16.1. The molecule has 146 valence electrons. The Morgan fingerprint density at radius 2 is 0.964 bits per heavy atom. The van der Waals surface area contributed by atoms with Crippen LogP contribution in [0.1, 0.15) is 38.1 Å². The van der Waals surface area contributed by atoms with Gasteiger partial charge in [-0.15, -0.1) is 0 Å². The first kappa shape index (κ1) is 19.9. The molecule has 1 aromatic heterocycles. The molecule has 4 nitrogen and oxygen atoms in total. The van der Waals surface area contributed by atoms with Crippen molar-refractivity contribution in [3.05, 3.63) is 59.9 Å². The number of methoxy groups -OCH3 is 2. The number of aryl methyl sites for hydroxylation is 2. The summed E-state index contributed by atoms with van der Waals surface area (Å²) in [5, 5.41) is 0. The molecule has 0 fully saturated rings. The lowest BCUT2D eigenvalue weighted by Crippen LogP contribution is -2.05. The summed E-state index contributed by atoms with van der Waals surface area (Å²) in [4.78, 5) is 10.2. The second-order valence-corrected chi connectivity index (χ2v) is 6.77. The molecule has 0 atom stereocenters. The molecule has 0 saturated heterocycles. The molecule has 3 rings (SSSR count). The molecule has 4 heteroatoms. The van der Waals surface area contributed by atoms with E-state index in [1.165, 1.54) is 0 Å². The molecule has 0 bridgehead atoms. The molecule has 3 aromatic rings. The van der Waals surface area contributed by atoms with Crippen LogP contribution in [-0.4, -0.2) is 24.2 Å². The van der Waals surface area contributed by atoms with Crippen LogP contribution >= 0.6 is 0 Å². The average molecular weight is 377 g/mol. The van der Waals surface area contributed by atoms with Crippen molar-refractivity contribution in [3.63, 3.8) is 0 Å². The molecular formula is C24H28N2O2. The quantitative estimate of drug-likeness (QED) is 0.503. The normalized spacial score (nSPS) is 10.7. The van der Waals surface area contributed by atoms with Crippen LogP contribution in [0.15, 0.2) is 48.5 Å². The van der Waals surface area contributed by atoms with E-state index in [0.717, 1.165) is 71.1 Å². The van der Waals surface area contributed by atoms with E-state index < -0.39 is 0 Å². The van der Waals surface area contributed by atoms with Gasteiger partial charge in [-0.1, -0.05) is 26.7 Å². The first-order valence-electron chi connectivity index (χ1n) is 9.88. The van der Waals surface area contributed by atoms with Gasteiger partial charge >= 0.3 is 0 Å². The highest BCUT2D eigenvalue weighted by Crippen LogP contribution is 2.30. The predicted octanol–water partition coefficient (Wildman–Crippen LogP) is 5.73. The Morgan fingerprint density at radius 1 is 0.607 bits per heavy atom. The van der Waals surface area contributed by atoms with Crippen molar-refractivity contribution >= 4 is 0 Å². The van der Waals surface area contributed by atoms with E-state index in [2.05, 4.69) is 38.1 Å². The van der Waals surface area contributed by atoms with Crippen LogP contribution < -0.4 is 9.47 Å². The first-order valence-corrected chi connectivity index (χ1v) is 9.88. The zero-order chi connectivity index (χ0) is 19.9.